The van der Waals surface area contributed by atoms with Gasteiger partial charge in [0.2, 0.25) is 0 Å². The van der Waals surface area contributed by atoms with Crippen LogP contribution in [0.25, 0.3) is 11.2 Å². The van der Waals surface area contributed by atoms with Gasteiger partial charge in [-0.1, -0.05) is 30.3 Å². The van der Waals surface area contributed by atoms with E-state index in [0.717, 1.165) is 18.5 Å². The van der Waals surface area contributed by atoms with Crippen LogP contribution in [-0.4, -0.2) is 39.7 Å². The molecule has 0 aliphatic carbocycles. The van der Waals surface area contributed by atoms with Gasteiger partial charge in [0, 0.05) is 13.0 Å². The van der Waals surface area contributed by atoms with Gasteiger partial charge >= 0.3 is 5.69 Å². The second kappa shape index (κ2) is 6.84. The Balaban J connectivity index is 2.00. The molecule has 0 aliphatic heterocycles. The maximum absolute atomic E-state index is 12.2. The minimum atomic E-state index is -0.431. The van der Waals surface area contributed by atoms with E-state index in [9.17, 15) is 9.59 Å². The van der Waals surface area contributed by atoms with E-state index in [-0.39, 0.29) is 5.56 Å². The number of hydrogen-bond acceptors (Lipinski definition) is 3. The number of aromatic amines is 1. The number of benzene rings is 1. The fraction of sp³-hybridized carbons (Fsp3) is 0.353. The number of nitrogens with zero attached hydrogens (tertiary/aromatic N) is 3. The monoisotopic (exact) mass is 328 g/mol. The first-order valence-corrected chi connectivity index (χ1v) is 8.07. The lowest BCUT2D eigenvalue weighted by molar-refractivity contribution is -0.858. The van der Waals surface area contributed by atoms with Crippen LogP contribution in [0.3, 0.4) is 0 Å². The Labute approximate surface area is 139 Å². The van der Waals surface area contributed by atoms with E-state index < -0.39 is 5.69 Å². The summed E-state index contributed by atoms with van der Waals surface area (Å²) >= 11 is 0. The van der Waals surface area contributed by atoms with Gasteiger partial charge in [-0.2, -0.15) is 0 Å². The summed E-state index contributed by atoms with van der Waals surface area (Å²) in [6, 6.07) is 9.66. The minimum absolute atomic E-state index is 0.381. The lowest BCUT2D eigenvalue weighted by atomic mass is 10.2. The van der Waals surface area contributed by atoms with Crippen molar-refractivity contribution in [1.29, 1.82) is 0 Å². The lowest BCUT2D eigenvalue weighted by Crippen LogP contribution is -3.05. The van der Waals surface area contributed by atoms with Gasteiger partial charge in [-0.05, 0) is 5.56 Å². The molecule has 7 heteroatoms. The van der Waals surface area contributed by atoms with E-state index in [2.05, 4.69) is 24.1 Å². The summed E-state index contributed by atoms with van der Waals surface area (Å²) in [4.78, 5) is 32.6. The van der Waals surface area contributed by atoms with Gasteiger partial charge in [-0.15, -0.1) is 0 Å². The standard InChI is InChI=1S/C17H21N5O2/c1-20(2)9-6-10-21-12-18-15-14(21)16(23)19-17(24)22(15)11-13-7-4-3-5-8-13/h3-5,7-8,12H,6,9-11H2,1-2H3,(H,19,23,24)/p+1. The molecule has 0 spiro atoms. The van der Waals surface area contributed by atoms with Gasteiger partial charge in [-0.25, -0.2) is 9.78 Å². The first-order valence-electron chi connectivity index (χ1n) is 8.07. The quantitative estimate of drug-likeness (QED) is 0.639. The molecule has 24 heavy (non-hydrogen) atoms. The number of quaternary nitrogens is 1. The van der Waals surface area contributed by atoms with Crippen LogP contribution < -0.4 is 16.1 Å². The fourth-order valence-corrected chi connectivity index (χ4v) is 2.81. The topological polar surface area (TPSA) is 77.1 Å². The van der Waals surface area contributed by atoms with E-state index in [4.69, 9.17) is 0 Å². The van der Waals surface area contributed by atoms with Crippen LogP contribution in [-0.2, 0) is 13.1 Å². The summed E-state index contributed by atoms with van der Waals surface area (Å²) in [5, 5.41) is 0. The van der Waals surface area contributed by atoms with Crippen molar-refractivity contribution in [3.63, 3.8) is 0 Å². The Kier molecular flexibility index (Phi) is 4.61. The zero-order valence-corrected chi connectivity index (χ0v) is 14.0. The van der Waals surface area contributed by atoms with Crippen LogP contribution >= 0.6 is 0 Å². The molecular formula is C17H22N5O2+. The van der Waals surface area contributed by atoms with E-state index in [1.807, 2.05) is 34.9 Å². The Morgan fingerprint density at radius 3 is 2.62 bits per heavy atom. The highest BCUT2D eigenvalue weighted by atomic mass is 16.2. The second-order valence-electron chi connectivity index (χ2n) is 6.25. The Morgan fingerprint density at radius 1 is 1.17 bits per heavy atom. The summed E-state index contributed by atoms with van der Waals surface area (Å²) in [7, 11) is 4.19. The largest absolute Gasteiger partial charge is 0.340 e. The molecule has 0 bridgehead atoms. The van der Waals surface area contributed by atoms with Crippen molar-refractivity contribution in [2.45, 2.75) is 19.5 Å². The fourth-order valence-electron chi connectivity index (χ4n) is 2.81. The molecule has 0 radical (unpaired) electrons. The number of hydrogen-bond donors (Lipinski definition) is 2. The van der Waals surface area contributed by atoms with Gasteiger partial charge in [-0.3, -0.25) is 14.3 Å². The third kappa shape index (κ3) is 3.30. The second-order valence-corrected chi connectivity index (χ2v) is 6.25. The van der Waals surface area contributed by atoms with Crippen molar-refractivity contribution in [2.75, 3.05) is 20.6 Å². The van der Waals surface area contributed by atoms with Crippen LogP contribution in [0, 0.1) is 0 Å². The Hall–Kier alpha value is -2.67. The first kappa shape index (κ1) is 16.2. The zero-order chi connectivity index (χ0) is 17.1. The molecule has 0 unspecified atom stereocenters. The number of nitrogens with one attached hydrogen (secondary N) is 2. The Bertz CT molecular complexity index is 937. The summed E-state index contributed by atoms with van der Waals surface area (Å²) in [5.74, 6) is 0. The smallest absolute Gasteiger partial charge is 0.330 e. The SMILES string of the molecule is C[NH+](C)CCCn1cnc2c1c(=O)[nH]c(=O)n2Cc1ccccc1. The molecule has 3 rings (SSSR count). The van der Waals surface area contributed by atoms with Crippen molar-refractivity contribution in [3.8, 4) is 0 Å². The minimum Gasteiger partial charge on any atom is -0.340 e. The molecule has 0 saturated carbocycles. The van der Waals surface area contributed by atoms with Crippen molar-refractivity contribution in [3.05, 3.63) is 63.1 Å². The summed E-state index contributed by atoms with van der Waals surface area (Å²) < 4.78 is 3.35. The van der Waals surface area contributed by atoms with Crippen LogP contribution in [0.1, 0.15) is 12.0 Å². The first-order chi connectivity index (χ1) is 11.6. The van der Waals surface area contributed by atoms with Crippen LogP contribution in [0.4, 0.5) is 0 Å². The number of imidazole rings is 1. The molecule has 0 atom stereocenters. The maximum Gasteiger partial charge on any atom is 0.330 e. The molecule has 3 aromatic rings. The van der Waals surface area contributed by atoms with Gasteiger partial charge in [0.15, 0.2) is 11.2 Å². The van der Waals surface area contributed by atoms with Crippen molar-refractivity contribution < 1.29 is 4.90 Å². The van der Waals surface area contributed by atoms with E-state index in [0.29, 0.717) is 24.3 Å². The van der Waals surface area contributed by atoms with Crippen LogP contribution in [0.5, 0.6) is 0 Å². The molecule has 0 amide bonds. The number of aromatic nitrogens is 4. The average molecular weight is 328 g/mol. The summed E-state index contributed by atoms with van der Waals surface area (Å²) in [6.07, 6.45) is 2.58. The van der Waals surface area contributed by atoms with Crippen molar-refractivity contribution in [1.82, 2.24) is 19.1 Å². The molecule has 2 N–H and O–H groups in total. The molecule has 1 aromatic carbocycles. The highest BCUT2D eigenvalue weighted by molar-refractivity contribution is 5.70. The lowest BCUT2D eigenvalue weighted by Gasteiger charge is -2.09. The van der Waals surface area contributed by atoms with Crippen LogP contribution in [0.2, 0.25) is 0 Å². The normalized spacial score (nSPS) is 11.5. The number of rotatable bonds is 6. The summed E-state index contributed by atoms with van der Waals surface area (Å²) in [5.41, 5.74) is 1.07. The molecule has 0 aliphatic rings. The molecule has 2 aromatic heterocycles. The van der Waals surface area contributed by atoms with E-state index in [1.54, 1.807) is 6.33 Å². The number of fused-ring (bicyclic) bond motifs is 1. The van der Waals surface area contributed by atoms with Crippen molar-refractivity contribution in [2.24, 2.45) is 0 Å². The molecule has 126 valence electrons. The zero-order valence-electron chi connectivity index (χ0n) is 14.0. The van der Waals surface area contributed by atoms with Gasteiger partial charge in [0.1, 0.15) is 0 Å². The third-order valence-electron chi connectivity index (χ3n) is 4.01. The van der Waals surface area contributed by atoms with E-state index >= 15 is 0 Å². The van der Waals surface area contributed by atoms with Gasteiger partial charge in [0.05, 0.1) is 33.5 Å². The molecule has 2 heterocycles. The average Bonchev–Trinajstić information content (AvgIpc) is 2.96. The molecule has 0 fully saturated rings. The predicted octanol–water partition coefficient (Wildman–Crippen LogP) is -0.531. The van der Waals surface area contributed by atoms with Gasteiger partial charge < -0.3 is 9.47 Å². The maximum atomic E-state index is 12.2. The summed E-state index contributed by atoms with van der Waals surface area (Å²) in [6.45, 7) is 2.08. The van der Waals surface area contributed by atoms with Gasteiger partial charge in [0.25, 0.3) is 5.56 Å². The number of H-pyrrole nitrogens is 1. The highest BCUT2D eigenvalue weighted by Crippen LogP contribution is 2.09. The predicted molar refractivity (Wildman–Crippen MR) is 92.5 cm³/mol. The van der Waals surface area contributed by atoms with E-state index in [1.165, 1.54) is 9.47 Å². The van der Waals surface area contributed by atoms with Crippen LogP contribution in [0.15, 0.2) is 46.2 Å². The third-order valence-corrected chi connectivity index (χ3v) is 4.01. The highest BCUT2D eigenvalue weighted by Gasteiger charge is 2.14. The molecule has 0 saturated heterocycles. The molecule has 7 nitrogen and oxygen atoms in total. The Morgan fingerprint density at radius 2 is 1.92 bits per heavy atom. The molecular weight excluding hydrogens is 306 g/mol. The van der Waals surface area contributed by atoms with Crippen molar-refractivity contribution >= 4 is 11.2 Å². The number of aryl methyl sites for hydroxylation is 1.